The second kappa shape index (κ2) is 8.49. The van der Waals surface area contributed by atoms with E-state index in [1.807, 2.05) is 39.4 Å². The molecule has 7 nitrogen and oxygen atoms in total. The van der Waals surface area contributed by atoms with Gasteiger partial charge in [0, 0.05) is 26.7 Å². The summed E-state index contributed by atoms with van der Waals surface area (Å²) < 4.78 is 9.49. The average molecular weight is 432 g/mol. The molecule has 0 saturated carbocycles. The summed E-state index contributed by atoms with van der Waals surface area (Å²) in [5.41, 5.74) is 7.24. The van der Waals surface area contributed by atoms with Crippen LogP contribution in [0.4, 0.5) is 0 Å². The minimum absolute atomic E-state index is 0.0922. The summed E-state index contributed by atoms with van der Waals surface area (Å²) in [7, 11) is 5.45. The number of aromatic nitrogens is 4. The third-order valence-electron chi connectivity index (χ3n) is 5.94. The third kappa shape index (κ3) is 3.75. The van der Waals surface area contributed by atoms with Crippen molar-refractivity contribution in [1.29, 1.82) is 0 Å². The van der Waals surface area contributed by atoms with E-state index in [4.69, 9.17) is 4.74 Å². The molecule has 32 heavy (non-hydrogen) atoms. The molecule has 3 heterocycles. The van der Waals surface area contributed by atoms with Gasteiger partial charge in [0.1, 0.15) is 12.3 Å². The van der Waals surface area contributed by atoms with Crippen LogP contribution in [0.2, 0.25) is 0 Å². The van der Waals surface area contributed by atoms with Crippen molar-refractivity contribution in [2.75, 3.05) is 20.2 Å². The summed E-state index contributed by atoms with van der Waals surface area (Å²) in [4.78, 5) is 15.0. The quantitative estimate of drug-likeness (QED) is 0.587. The van der Waals surface area contributed by atoms with Crippen LogP contribution < -0.4 is 4.74 Å². The maximum Gasteiger partial charge on any atom is 0.272 e. The minimum atomic E-state index is -0.0922. The van der Waals surface area contributed by atoms with Gasteiger partial charge in [0.05, 0.1) is 24.0 Å². The van der Waals surface area contributed by atoms with Crippen LogP contribution >= 0.6 is 0 Å². The summed E-state index contributed by atoms with van der Waals surface area (Å²) in [6.07, 6.45) is 6.48. The Hall–Kier alpha value is -3.61. The topological polar surface area (TPSA) is 65.2 Å². The normalized spacial score (nSPS) is 15.5. The molecule has 166 valence electrons. The molecule has 0 atom stereocenters. The van der Waals surface area contributed by atoms with Gasteiger partial charge in [0.15, 0.2) is 0 Å². The first-order valence-electron chi connectivity index (χ1n) is 10.8. The average Bonchev–Trinajstić information content (AvgIpc) is 3.30. The van der Waals surface area contributed by atoms with Crippen LogP contribution in [0.25, 0.3) is 22.8 Å². The number of aryl methyl sites for hydroxylation is 4. The highest BCUT2D eigenvalue weighted by Gasteiger charge is 2.23. The lowest BCUT2D eigenvalue weighted by Gasteiger charge is -2.18. The van der Waals surface area contributed by atoms with E-state index in [9.17, 15) is 4.79 Å². The molecule has 4 rings (SSSR count). The number of likely N-dealkylation sites (N-methyl/N-ethyl adjacent to an activating group) is 1. The van der Waals surface area contributed by atoms with Crippen molar-refractivity contribution in [3.63, 3.8) is 0 Å². The zero-order valence-electron chi connectivity index (χ0n) is 19.3. The molecule has 1 aliphatic heterocycles. The molecule has 0 unspecified atom stereocenters. The monoisotopic (exact) mass is 431 g/mol. The first-order chi connectivity index (χ1) is 15.3. The van der Waals surface area contributed by atoms with Crippen molar-refractivity contribution in [3.8, 4) is 17.0 Å². The summed E-state index contributed by atoms with van der Waals surface area (Å²) in [6, 6.07) is 6.28. The third-order valence-corrected chi connectivity index (χ3v) is 5.94. The molecule has 1 aliphatic rings. The van der Waals surface area contributed by atoms with Crippen molar-refractivity contribution in [3.05, 3.63) is 65.1 Å². The lowest BCUT2D eigenvalue weighted by molar-refractivity contribution is 0.0760. The van der Waals surface area contributed by atoms with Gasteiger partial charge < -0.3 is 9.64 Å². The number of hydrogen-bond donors (Lipinski definition) is 0. The van der Waals surface area contributed by atoms with E-state index >= 15 is 0 Å². The standard InChI is InChI=1S/C25H29N5O2/c1-7-22-19-11-9-17(3)20-14-18(10-8-16(20)2)21-15-26-30(6)25(21)32-13-12-28(4)24(31)23(19)29(5)27-22/h8-11,14-15H,3,7,12-13H2,1-2,4-6H3/b11-9+. The second-order valence-corrected chi connectivity index (χ2v) is 8.14. The van der Waals surface area contributed by atoms with Gasteiger partial charge in [0.2, 0.25) is 5.88 Å². The Balaban J connectivity index is 1.88. The Bertz CT molecular complexity index is 1230. The van der Waals surface area contributed by atoms with E-state index in [-0.39, 0.29) is 5.91 Å². The number of rotatable bonds is 1. The summed E-state index contributed by atoms with van der Waals surface area (Å²) in [6.45, 7) is 9.20. The van der Waals surface area contributed by atoms with Gasteiger partial charge in [-0.3, -0.25) is 9.48 Å². The number of allylic oxidation sites excluding steroid dienone is 2. The van der Waals surface area contributed by atoms with Crippen LogP contribution in [0, 0.1) is 6.92 Å². The minimum Gasteiger partial charge on any atom is -0.476 e. The highest BCUT2D eigenvalue weighted by molar-refractivity contribution is 5.97. The molecule has 0 N–H and O–H groups in total. The number of benzene rings is 1. The molecule has 0 saturated heterocycles. The van der Waals surface area contributed by atoms with E-state index in [1.165, 1.54) is 0 Å². The van der Waals surface area contributed by atoms with Crippen LogP contribution in [0.5, 0.6) is 5.88 Å². The van der Waals surface area contributed by atoms with E-state index in [2.05, 4.69) is 41.9 Å². The van der Waals surface area contributed by atoms with E-state index in [0.29, 0.717) is 24.7 Å². The number of hydrogen-bond acceptors (Lipinski definition) is 4. The first-order valence-corrected chi connectivity index (χ1v) is 10.8. The number of carbonyl (C=O) groups excluding carboxylic acids is 1. The molecule has 7 heteroatoms. The van der Waals surface area contributed by atoms with Gasteiger partial charge in [-0.2, -0.15) is 10.2 Å². The summed E-state index contributed by atoms with van der Waals surface area (Å²) >= 11 is 0. The maximum atomic E-state index is 13.3. The predicted molar refractivity (Wildman–Crippen MR) is 126 cm³/mol. The van der Waals surface area contributed by atoms with Crippen molar-refractivity contribution in [1.82, 2.24) is 24.5 Å². The smallest absolute Gasteiger partial charge is 0.272 e. The number of fused-ring (bicyclic) bond motifs is 5. The fourth-order valence-corrected chi connectivity index (χ4v) is 4.05. The SMILES string of the molecule is C=C1/C=C/c2c(CC)nn(C)c2C(=O)N(C)CCOc2c(cnn2C)-c2ccc(C)c1c2. The number of ether oxygens (including phenoxy) is 1. The van der Waals surface area contributed by atoms with Gasteiger partial charge in [0.25, 0.3) is 5.91 Å². The molecular formula is C25H29N5O2. The highest BCUT2D eigenvalue weighted by atomic mass is 16.5. The molecule has 1 amide bonds. The Kier molecular flexibility index (Phi) is 5.74. The maximum absolute atomic E-state index is 13.3. The molecule has 2 bridgehead atoms. The zero-order valence-corrected chi connectivity index (χ0v) is 19.3. The summed E-state index contributed by atoms with van der Waals surface area (Å²) in [5, 5.41) is 8.97. The Morgan fingerprint density at radius 2 is 1.91 bits per heavy atom. The molecule has 0 fully saturated rings. The Morgan fingerprint density at radius 1 is 1.12 bits per heavy atom. The van der Waals surface area contributed by atoms with Crippen molar-refractivity contribution >= 4 is 17.6 Å². The molecule has 2 aromatic heterocycles. The van der Waals surface area contributed by atoms with Gasteiger partial charge in [-0.1, -0.05) is 37.8 Å². The second-order valence-electron chi connectivity index (χ2n) is 8.14. The molecule has 0 spiro atoms. The van der Waals surface area contributed by atoms with Crippen molar-refractivity contribution in [2.45, 2.75) is 20.3 Å². The van der Waals surface area contributed by atoms with Crippen molar-refractivity contribution < 1.29 is 9.53 Å². The van der Waals surface area contributed by atoms with Gasteiger partial charge in [-0.25, -0.2) is 4.68 Å². The van der Waals surface area contributed by atoms with Gasteiger partial charge in [-0.05, 0) is 41.7 Å². The van der Waals surface area contributed by atoms with Crippen LogP contribution in [0.3, 0.4) is 0 Å². The lowest BCUT2D eigenvalue weighted by Crippen LogP contribution is -2.32. The van der Waals surface area contributed by atoms with Crippen LogP contribution in [0.15, 0.2) is 37.1 Å². The molecule has 0 radical (unpaired) electrons. The Morgan fingerprint density at radius 3 is 2.66 bits per heavy atom. The largest absolute Gasteiger partial charge is 0.476 e. The van der Waals surface area contributed by atoms with E-state index < -0.39 is 0 Å². The zero-order chi connectivity index (χ0) is 23.0. The van der Waals surface area contributed by atoms with E-state index in [1.54, 1.807) is 21.3 Å². The van der Waals surface area contributed by atoms with Crippen LogP contribution in [0.1, 0.15) is 39.8 Å². The lowest BCUT2D eigenvalue weighted by atomic mass is 9.96. The molecule has 0 aliphatic carbocycles. The van der Waals surface area contributed by atoms with Gasteiger partial charge in [-0.15, -0.1) is 0 Å². The fraction of sp³-hybridized carbons (Fsp3) is 0.320. The molecule has 1 aromatic carbocycles. The van der Waals surface area contributed by atoms with E-state index in [0.717, 1.165) is 45.5 Å². The van der Waals surface area contributed by atoms with Crippen molar-refractivity contribution in [2.24, 2.45) is 14.1 Å². The Labute approximate surface area is 188 Å². The first kappa shape index (κ1) is 21.6. The predicted octanol–water partition coefficient (Wildman–Crippen LogP) is 3.88. The highest BCUT2D eigenvalue weighted by Crippen LogP contribution is 2.33. The fourth-order valence-electron chi connectivity index (χ4n) is 4.05. The molecular weight excluding hydrogens is 402 g/mol. The van der Waals surface area contributed by atoms with Crippen LogP contribution in [-0.4, -0.2) is 50.6 Å². The number of amides is 1. The van der Waals surface area contributed by atoms with Gasteiger partial charge >= 0.3 is 0 Å². The summed E-state index contributed by atoms with van der Waals surface area (Å²) in [5.74, 6) is 0.580. The number of carbonyl (C=O) groups is 1. The van der Waals surface area contributed by atoms with Crippen LogP contribution in [-0.2, 0) is 20.5 Å². The molecule has 3 aromatic rings. The number of nitrogens with zero attached hydrogens (tertiary/aromatic N) is 5.